The zero-order valence-corrected chi connectivity index (χ0v) is 11.9. The fraction of sp³-hybridized carbons (Fsp3) is 0.462. The van der Waals surface area contributed by atoms with E-state index in [-0.39, 0.29) is 18.1 Å². The van der Waals surface area contributed by atoms with Gasteiger partial charge in [0.25, 0.3) is 5.91 Å². The first-order valence-electron chi connectivity index (χ1n) is 5.98. The van der Waals surface area contributed by atoms with Crippen molar-refractivity contribution in [1.82, 2.24) is 5.32 Å². The Labute approximate surface area is 115 Å². The maximum atomic E-state index is 12.1. The first kappa shape index (κ1) is 13.4. The van der Waals surface area contributed by atoms with Crippen LogP contribution in [-0.2, 0) is 4.74 Å². The SMILES string of the molecule is COC1CCC(NC(=O)c2cc(N)cc(Br)c2)C1. The zero-order chi connectivity index (χ0) is 13.1. The summed E-state index contributed by atoms with van der Waals surface area (Å²) in [7, 11) is 1.71. The lowest BCUT2D eigenvalue weighted by Crippen LogP contribution is -2.33. The average Bonchev–Trinajstić information content (AvgIpc) is 2.75. The summed E-state index contributed by atoms with van der Waals surface area (Å²) in [6.45, 7) is 0. The Balaban J connectivity index is 1.99. The third kappa shape index (κ3) is 3.23. The van der Waals surface area contributed by atoms with Gasteiger partial charge in [-0.15, -0.1) is 0 Å². The number of hydrogen-bond donors (Lipinski definition) is 2. The number of nitrogen functional groups attached to an aromatic ring is 1. The predicted octanol–water partition coefficient (Wildman–Crippen LogP) is 2.33. The molecule has 1 saturated carbocycles. The van der Waals surface area contributed by atoms with E-state index in [2.05, 4.69) is 21.2 Å². The molecule has 0 saturated heterocycles. The van der Waals surface area contributed by atoms with Gasteiger partial charge in [0.2, 0.25) is 0 Å². The first-order chi connectivity index (χ1) is 8.58. The van der Waals surface area contributed by atoms with Crippen LogP contribution >= 0.6 is 15.9 Å². The highest BCUT2D eigenvalue weighted by molar-refractivity contribution is 9.10. The molecule has 1 aliphatic rings. The van der Waals surface area contributed by atoms with Crippen LogP contribution in [0.3, 0.4) is 0 Å². The van der Waals surface area contributed by atoms with Gasteiger partial charge in [0.05, 0.1) is 6.10 Å². The third-order valence-electron chi connectivity index (χ3n) is 3.24. The van der Waals surface area contributed by atoms with Gasteiger partial charge in [0, 0.05) is 28.9 Å². The average molecular weight is 313 g/mol. The number of ether oxygens (including phenoxy) is 1. The highest BCUT2D eigenvalue weighted by atomic mass is 79.9. The molecule has 5 heteroatoms. The van der Waals surface area contributed by atoms with Crippen LogP contribution in [0.4, 0.5) is 5.69 Å². The van der Waals surface area contributed by atoms with Crippen LogP contribution in [0.1, 0.15) is 29.6 Å². The van der Waals surface area contributed by atoms with Crippen molar-refractivity contribution in [2.24, 2.45) is 0 Å². The first-order valence-corrected chi connectivity index (χ1v) is 6.77. The molecule has 2 unspecified atom stereocenters. The summed E-state index contributed by atoms with van der Waals surface area (Å²) in [5, 5.41) is 3.02. The number of amides is 1. The molecule has 2 atom stereocenters. The Morgan fingerprint density at radius 3 is 2.83 bits per heavy atom. The van der Waals surface area contributed by atoms with E-state index >= 15 is 0 Å². The van der Waals surface area contributed by atoms with Crippen molar-refractivity contribution in [3.8, 4) is 0 Å². The number of carbonyl (C=O) groups is 1. The molecule has 1 aromatic rings. The lowest BCUT2D eigenvalue weighted by atomic mass is 10.1. The maximum absolute atomic E-state index is 12.1. The number of halogens is 1. The Morgan fingerprint density at radius 1 is 1.44 bits per heavy atom. The van der Waals surface area contributed by atoms with Crippen LogP contribution < -0.4 is 11.1 Å². The Bertz CT molecular complexity index is 430. The molecule has 1 aromatic carbocycles. The number of anilines is 1. The number of benzene rings is 1. The van der Waals surface area contributed by atoms with Crippen LogP contribution in [0, 0.1) is 0 Å². The predicted molar refractivity (Wildman–Crippen MR) is 74.5 cm³/mol. The molecular formula is C13H17BrN2O2. The van der Waals surface area contributed by atoms with E-state index in [4.69, 9.17) is 10.5 Å². The van der Waals surface area contributed by atoms with E-state index in [0.29, 0.717) is 11.3 Å². The van der Waals surface area contributed by atoms with Crippen molar-refractivity contribution >= 4 is 27.5 Å². The van der Waals surface area contributed by atoms with Gasteiger partial charge in [0.15, 0.2) is 0 Å². The molecule has 0 bridgehead atoms. The van der Waals surface area contributed by atoms with Crippen molar-refractivity contribution < 1.29 is 9.53 Å². The van der Waals surface area contributed by atoms with Gasteiger partial charge in [-0.05, 0) is 37.5 Å². The van der Waals surface area contributed by atoms with Crippen molar-refractivity contribution in [3.63, 3.8) is 0 Å². The van der Waals surface area contributed by atoms with Crippen molar-refractivity contribution in [1.29, 1.82) is 0 Å². The number of nitrogens with two attached hydrogens (primary N) is 1. The monoisotopic (exact) mass is 312 g/mol. The summed E-state index contributed by atoms with van der Waals surface area (Å²) < 4.78 is 6.10. The summed E-state index contributed by atoms with van der Waals surface area (Å²) >= 11 is 3.33. The summed E-state index contributed by atoms with van der Waals surface area (Å²) in [4.78, 5) is 12.1. The van der Waals surface area contributed by atoms with Crippen LogP contribution in [0.5, 0.6) is 0 Å². The van der Waals surface area contributed by atoms with E-state index in [1.54, 1.807) is 25.3 Å². The van der Waals surface area contributed by atoms with Crippen molar-refractivity contribution in [2.45, 2.75) is 31.4 Å². The number of methoxy groups -OCH3 is 1. The van der Waals surface area contributed by atoms with Crippen LogP contribution in [-0.4, -0.2) is 25.2 Å². The number of rotatable bonds is 3. The zero-order valence-electron chi connectivity index (χ0n) is 10.3. The number of hydrogen-bond acceptors (Lipinski definition) is 3. The smallest absolute Gasteiger partial charge is 0.251 e. The quantitative estimate of drug-likeness (QED) is 0.842. The molecule has 18 heavy (non-hydrogen) atoms. The second-order valence-electron chi connectivity index (χ2n) is 4.61. The van der Waals surface area contributed by atoms with Gasteiger partial charge >= 0.3 is 0 Å². The highest BCUT2D eigenvalue weighted by Gasteiger charge is 2.25. The van der Waals surface area contributed by atoms with Crippen molar-refractivity contribution in [3.05, 3.63) is 28.2 Å². The lowest BCUT2D eigenvalue weighted by Gasteiger charge is -2.13. The summed E-state index contributed by atoms with van der Waals surface area (Å²) in [6, 6.07) is 5.42. The summed E-state index contributed by atoms with van der Waals surface area (Å²) in [6.07, 6.45) is 3.12. The van der Waals surface area contributed by atoms with Gasteiger partial charge < -0.3 is 15.8 Å². The Kier molecular flexibility index (Phi) is 4.24. The van der Waals surface area contributed by atoms with Gasteiger partial charge in [-0.1, -0.05) is 15.9 Å². The molecule has 4 nitrogen and oxygen atoms in total. The standard InChI is InChI=1S/C13H17BrN2O2/c1-18-12-3-2-11(7-12)16-13(17)8-4-9(14)6-10(15)5-8/h4-6,11-12H,2-3,7,15H2,1H3,(H,16,17). The lowest BCUT2D eigenvalue weighted by molar-refractivity contribution is 0.0915. The molecule has 98 valence electrons. The molecule has 1 fully saturated rings. The van der Waals surface area contributed by atoms with E-state index in [1.807, 2.05) is 0 Å². The molecule has 0 spiro atoms. The van der Waals surface area contributed by atoms with Gasteiger partial charge in [0.1, 0.15) is 0 Å². The largest absolute Gasteiger partial charge is 0.399 e. The van der Waals surface area contributed by atoms with Crippen LogP contribution in [0.15, 0.2) is 22.7 Å². The molecule has 0 radical (unpaired) electrons. The van der Waals surface area contributed by atoms with E-state index in [9.17, 15) is 4.79 Å². The molecule has 1 aliphatic carbocycles. The number of nitrogens with one attached hydrogen (secondary N) is 1. The minimum Gasteiger partial charge on any atom is -0.399 e. The van der Waals surface area contributed by atoms with Gasteiger partial charge in [-0.2, -0.15) is 0 Å². The fourth-order valence-electron chi connectivity index (χ4n) is 2.30. The maximum Gasteiger partial charge on any atom is 0.251 e. The number of carbonyl (C=O) groups excluding carboxylic acids is 1. The van der Waals surface area contributed by atoms with E-state index < -0.39 is 0 Å². The van der Waals surface area contributed by atoms with E-state index in [0.717, 1.165) is 23.7 Å². The summed E-state index contributed by atoms with van der Waals surface area (Å²) in [5.74, 6) is -0.0789. The van der Waals surface area contributed by atoms with Gasteiger partial charge in [-0.25, -0.2) is 0 Å². The second kappa shape index (κ2) is 5.71. The normalized spacial score (nSPS) is 23.0. The highest BCUT2D eigenvalue weighted by Crippen LogP contribution is 2.22. The van der Waals surface area contributed by atoms with Crippen LogP contribution in [0.25, 0.3) is 0 Å². The minimum atomic E-state index is -0.0789. The molecular weight excluding hydrogens is 296 g/mol. The minimum absolute atomic E-state index is 0.0789. The molecule has 0 aromatic heterocycles. The topological polar surface area (TPSA) is 64.3 Å². The molecule has 0 aliphatic heterocycles. The molecule has 3 N–H and O–H groups in total. The fourth-order valence-corrected chi connectivity index (χ4v) is 2.81. The van der Waals surface area contributed by atoms with Crippen LogP contribution in [0.2, 0.25) is 0 Å². The summed E-state index contributed by atoms with van der Waals surface area (Å²) in [5.41, 5.74) is 6.88. The molecule has 1 amide bonds. The third-order valence-corrected chi connectivity index (χ3v) is 3.69. The second-order valence-corrected chi connectivity index (χ2v) is 5.53. The molecule has 2 rings (SSSR count). The molecule has 0 heterocycles. The van der Waals surface area contributed by atoms with Crippen molar-refractivity contribution in [2.75, 3.05) is 12.8 Å². The Hall–Kier alpha value is -1.07. The van der Waals surface area contributed by atoms with E-state index in [1.165, 1.54) is 0 Å². The van der Waals surface area contributed by atoms with Gasteiger partial charge in [-0.3, -0.25) is 4.79 Å². The Morgan fingerprint density at radius 2 is 2.22 bits per heavy atom.